The molecule has 3 aromatic rings. The summed E-state index contributed by atoms with van der Waals surface area (Å²) in [6.07, 6.45) is 0.0123. The number of nitrogens with zero attached hydrogens (tertiary/aromatic N) is 2. The van der Waals surface area contributed by atoms with Gasteiger partial charge in [0.15, 0.2) is 0 Å². The lowest BCUT2D eigenvalue weighted by Gasteiger charge is -2.15. The molecule has 3 rings (SSSR count). The lowest BCUT2D eigenvalue weighted by atomic mass is 10.0. The molecule has 0 bridgehead atoms. The van der Waals surface area contributed by atoms with E-state index in [9.17, 15) is 14.7 Å². The number of carboxylic acids is 1. The third-order valence-electron chi connectivity index (χ3n) is 4.00. The number of hydrogen-bond acceptors (Lipinski definition) is 4. The van der Waals surface area contributed by atoms with Gasteiger partial charge in [-0.3, -0.25) is 4.79 Å². The van der Waals surface area contributed by atoms with Gasteiger partial charge >= 0.3 is 5.97 Å². The minimum atomic E-state index is -1.17. The summed E-state index contributed by atoms with van der Waals surface area (Å²) in [6, 6.07) is 18.2. The number of amides is 1. The van der Waals surface area contributed by atoms with E-state index in [0.29, 0.717) is 16.6 Å². The number of pyridine rings is 1. The number of aromatic nitrogens is 1. The number of nitrogens with one attached hydrogen (secondary N) is 1. The fourth-order valence-electron chi connectivity index (χ4n) is 2.65. The topological polar surface area (TPSA) is 103 Å². The first-order valence-electron chi connectivity index (χ1n) is 7.96. The molecule has 2 aromatic carbocycles. The summed E-state index contributed by atoms with van der Waals surface area (Å²) in [5, 5.41) is 22.0. The Kier molecular flexibility index (Phi) is 4.90. The smallest absolute Gasteiger partial charge is 0.326 e. The molecular weight excluding hydrogens is 330 g/mol. The quantitative estimate of drug-likeness (QED) is 0.739. The summed E-state index contributed by atoms with van der Waals surface area (Å²) in [7, 11) is 0. The molecule has 128 valence electrons. The molecule has 0 unspecified atom stereocenters. The Morgan fingerprint density at radius 3 is 2.58 bits per heavy atom. The molecule has 1 atom stereocenters. The van der Waals surface area contributed by atoms with Gasteiger partial charge in [-0.2, -0.15) is 5.26 Å². The summed E-state index contributed by atoms with van der Waals surface area (Å²) in [6.45, 7) is 0. The normalized spacial score (nSPS) is 11.5. The third kappa shape index (κ3) is 3.68. The Bertz CT molecular complexity index is 1020. The van der Waals surface area contributed by atoms with Gasteiger partial charge in [0.05, 0.1) is 17.1 Å². The Morgan fingerprint density at radius 2 is 1.81 bits per heavy atom. The van der Waals surface area contributed by atoms with Gasteiger partial charge < -0.3 is 10.4 Å². The van der Waals surface area contributed by atoms with E-state index in [-0.39, 0.29) is 12.1 Å². The van der Waals surface area contributed by atoms with E-state index >= 15 is 0 Å². The molecule has 0 radical (unpaired) electrons. The minimum absolute atomic E-state index is 0.0123. The summed E-state index contributed by atoms with van der Waals surface area (Å²) < 4.78 is 0. The van der Waals surface area contributed by atoms with Crippen LogP contribution in [0.3, 0.4) is 0 Å². The molecule has 1 aromatic heterocycles. The van der Waals surface area contributed by atoms with Crippen LogP contribution in [0.4, 0.5) is 0 Å². The summed E-state index contributed by atoms with van der Waals surface area (Å²) >= 11 is 0. The van der Waals surface area contributed by atoms with Gasteiger partial charge in [0.1, 0.15) is 11.7 Å². The van der Waals surface area contributed by atoms with Crippen LogP contribution < -0.4 is 5.32 Å². The SMILES string of the molecule is N#Cc1ccccc1C[C@H](NC(=O)c1ccc2ccccc2n1)C(=O)O. The second-order valence-electron chi connectivity index (χ2n) is 5.73. The third-order valence-corrected chi connectivity index (χ3v) is 4.00. The molecule has 2 N–H and O–H groups in total. The van der Waals surface area contributed by atoms with Crippen LogP contribution >= 0.6 is 0 Å². The highest BCUT2D eigenvalue weighted by molar-refractivity contribution is 5.97. The van der Waals surface area contributed by atoms with Crippen LogP contribution in [-0.2, 0) is 11.2 Å². The maximum atomic E-state index is 12.4. The number of carbonyl (C=O) groups is 2. The first-order chi connectivity index (χ1) is 12.6. The van der Waals surface area contributed by atoms with Crippen LogP contribution in [0.1, 0.15) is 21.6 Å². The van der Waals surface area contributed by atoms with Crippen molar-refractivity contribution in [2.45, 2.75) is 12.5 Å². The summed E-state index contributed by atoms with van der Waals surface area (Å²) in [4.78, 5) is 28.3. The number of aliphatic carboxylic acids is 1. The Morgan fingerprint density at radius 1 is 1.08 bits per heavy atom. The molecule has 1 heterocycles. The van der Waals surface area contributed by atoms with E-state index in [0.717, 1.165) is 5.39 Å². The van der Waals surface area contributed by atoms with Crippen molar-refractivity contribution in [2.24, 2.45) is 0 Å². The number of hydrogen-bond donors (Lipinski definition) is 2. The molecule has 26 heavy (non-hydrogen) atoms. The second kappa shape index (κ2) is 7.45. The number of carboxylic acid groups (broad SMARTS) is 1. The highest BCUT2D eigenvalue weighted by atomic mass is 16.4. The molecule has 0 saturated carbocycles. The van der Waals surface area contributed by atoms with E-state index in [1.165, 1.54) is 0 Å². The maximum Gasteiger partial charge on any atom is 0.326 e. The predicted octanol–water partition coefficient (Wildman–Crippen LogP) is 2.53. The maximum absolute atomic E-state index is 12.4. The van der Waals surface area contributed by atoms with Gasteiger partial charge in [0, 0.05) is 11.8 Å². The van der Waals surface area contributed by atoms with Gasteiger partial charge in [0.25, 0.3) is 5.91 Å². The molecule has 0 aliphatic rings. The van der Waals surface area contributed by atoms with E-state index in [2.05, 4.69) is 10.3 Å². The van der Waals surface area contributed by atoms with Gasteiger partial charge in [-0.25, -0.2) is 9.78 Å². The van der Waals surface area contributed by atoms with Crippen LogP contribution in [0, 0.1) is 11.3 Å². The lowest BCUT2D eigenvalue weighted by molar-refractivity contribution is -0.139. The van der Waals surface area contributed by atoms with Gasteiger partial charge in [-0.1, -0.05) is 42.5 Å². The van der Waals surface area contributed by atoms with E-state index in [1.54, 1.807) is 42.5 Å². The highest BCUT2D eigenvalue weighted by Gasteiger charge is 2.23. The number of para-hydroxylation sites is 1. The summed E-state index contributed by atoms with van der Waals surface area (Å²) in [5.74, 6) is -1.75. The average Bonchev–Trinajstić information content (AvgIpc) is 2.67. The lowest BCUT2D eigenvalue weighted by Crippen LogP contribution is -2.42. The first-order valence-corrected chi connectivity index (χ1v) is 7.96. The molecule has 0 fully saturated rings. The van der Waals surface area contributed by atoms with Gasteiger partial charge in [-0.05, 0) is 23.8 Å². The zero-order chi connectivity index (χ0) is 18.5. The van der Waals surface area contributed by atoms with Crippen LogP contribution in [0.2, 0.25) is 0 Å². The fraction of sp³-hybridized carbons (Fsp3) is 0.100. The van der Waals surface area contributed by atoms with Crippen molar-refractivity contribution >= 4 is 22.8 Å². The number of nitriles is 1. The first kappa shape index (κ1) is 17.1. The Balaban J connectivity index is 1.82. The van der Waals surface area contributed by atoms with Gasteiger partial charge in [-0.15, -0.1) is 0 Å². The number of fused-ring (bicyclic) bond motifs is 1. The van der Waals surface area contributed by atoms with E-state index < -0.39 is 17.9 Å². The molecule has 0 aliphatic heterocycles. The Labute approximate surface area is 149 Å². The number of carbonyl (C=O) groups excluding carboxylic acids is 1. The Hall–Kier alpha value is -3.72. The van der Waals surface area contributed by atoms with Crippen molar-refractivity contribution in [3.8, 4) is 6.07 Å². The van der Waals surface area contributed by atoms with Crippen LogP contribution in [-0.4, -0.2) is 28.0 Å². The number of benzene rings is 2. The fourth-order valence-corrected chi connectivity index (χ4v) is 2.65. The van der Waals surface area contributed by atoms with Crippen molar-refractivity contribution in [1.29, 1.82) is 5.26 Å². The zero-order valence-electron chi connectivity index (χ0n) is 13.7. The van der Waals surface area contributed by atoms with Crippen LogP contribution in [0.15, 0.2) is 60.7 Å². The van der Waals surface area contributed by atoms with Crippen molar-refractivity contribution in [3.63, 3.8) is 0 Å². The molecule has 6 heteroatoms. The summed E-state index contributed by atoms with van der Waals surface area (Å²) in [5.41, 5.74) is 1.75. The minimum Gasteiger partial charge on any atom is -0.480 e. The van der Waals surface area contributed by atoms with Crippen LogP contribution in [0.5, 0.6) is 0 Å². The second-order valence-corrected chi connectivity index (χ2v) is 5.73. The molecule has 0 saturated heterocycles. The highest BCUT2D eigenvalue weighted by Crippen LogP contribution is 2.13. The standard InChI is InChI=1S/C20H15N3O3/c21-12-15-7-2-1-6-14(15)11-18(20(25)26)23-19(24)17-10-9-13-5-3-4-8-16(13)22-17/h1-10,18H,11H2,(H,23,24)(H,25,26)/t18-/m0/s1. The van der Waals surface area contributed by atoms with E-state index in [4.69, 9.17) is 5.26 Å². The van der Waals surface area contributed by atoms with Crippen molar-refractivity contribution in [2.75, 3.05) is 0 Å². The predicted molar refractivity (Wildman–Crippen MR) is 95.5 cm³/mol. The molecule has 1 amide bonds. The number of rotatable bonds is 5. The monoisotopic (exact) mass is 345 g/mol. The molecule has 0 spiro atoms. The molecular formula is C20H15N3O3. The van der Waals surface area contributed by atoms with Crippen LogP contribution in [0.25, 0.3) is 10.9 Å². The van der Waals surface area contributed by atoms with Crippen molar-refractivity contribution < 1.29 is 14.7 Å². The van der Waals surface area contributed by atoms with Crippen molar-refractivity contribution in [1.82, 2.24) is 10.3 Å². The molecule has 0 aliphatic carbocycles. The zero-order valence-corrected chi connectivity index (χ0v) is 13.7. The van der Waals surface area contributed by atoms with E-state index in [1.807, 2.05) is 24.3 Å². The average molecular weight is 345 g/mol. The van der Waals surface area contributed by atoms with Crippen molar-refractivity contribution in [3.05, 3.63) is 77.5 Å². The molecule has 6 nitrogen and oxygen atoms in total. The van der Waals surface area contributed by atoms with Gasteiger partial charge in [0.2, 0.25) is 0 Å². The largest absolute Gasteiger partial charge is 0.480 e.